The summed E-state index contributed by atoms with van der Waals surface area (Å²) < 4.78 is 5.87. The Hall–Kier alpha value is -1.58. The van der Waals surface area contributed by atoms with Crippen LogP contribution in [0.1, 0.15) is 19.8 Å². The lowest BCUT2D eigenvalue weighted by molar-refractivity contribution is 0.0567. The van der Waals surface area contributed by atoms with Crippen LogP contribution in [0, 0.1) is 5.92 Å². The molecule has 3 nitrogen and oxygen atoms in total. The second-order valence-electron chi connectivity index (χ2n) is 6.43. The molecule has 1 heterocycles. The lowest BCUT2D eigenvalue weighted by Gasteiger charge is -2.31. The molecule has 3 rings (SSSR count). The first-order chi connectivity index (χ1) is 10.7. The van der Waals surface area contributed by atoms with Gasteiger partial charge in [-0.15, -0.1) is 0 Å². The Morgan fingerprint density at radius 3 is 2.68 bits per heavy atom. The lowest BCUT2D eigenvalue weighted by atomic mass is 9.99. The van der Waals surface area contributed by atoms with E-state index >= 15 is 0 Å². The van der Waals surface area contributed by atoms with Gasteiger partial charge in [0.1, 0.15) is 18.5 Å². The molecule has 0 bridgehead atoms. The Kier molecular flexibility index (Phi) is 4.96. The molecule has 0 amide bonds. The molecule has 0 saturated carbocycles. The van der Waals surface area contributed by atoms with E-state index in [4.69, 9.17) is 4.74 Å². The van der Waals surface area contributed by atoms with Gasteiger partial charge in [-0.1, -0.05) is 43.3 Å². The highest BCUT2D eigenvalue weighted by Gasteiger charge is 2.18. The third kappa shape index (κ3) is 3.79. The molecule has 1 saturated heterocycles. The minimum absolute atomic E-state index is 0.347. The Morgan fingerprint density at radius 2 is 1.86 bits per heavy atom. The van der Waals surface area contributed by atoms with Crippen LogP contribution in [0.2, 0.25) is 0 Å². The molecule has 1 fully saturated rings. The molecule has 1 atom stereocenters. The third-order valence-electron chi connectivity index (χ3n) is 4.53. The fourth-order valence-corrected chi connectivity index (χ4v) is 3.10. The van der Waals surface area contributed by atoms with E-state index < -0.39 is 6.10 Å². The number of nitrogens with zero attached hydrogens (tertiary/aromatic N) is 1. The van der Waals surface area contributed by atoms with Crippen LogP contribution in [0.15, 0.2) is 42.5 Å². The zero-order chi connectivity index (χ0) is 15.4. The van der Waals surface area contributed by atoms with Crippen LogP contribution in [-0.4, -0.2) is 42.4 Å². The zero-order valence-corrected chi connectivity index (χ0v) is 13.2. The summed E-state index contributed by atoms with van der Waals surface area (Å²) in [5.41, 5.74) is 0. The van der Waals surface area contributed by atoms with Gasteiger partial charge in [-0.2, -0.15) is 0 Å². The van der Waals surface area contributed by atoms with Crippen molar-refractivity contribution in [2.75, 3.05) is 26.2 Å². The van der Waals surface area contributed by atoms with Crippen LogP contribution < -0.4 is 4.74 Å². The number of benzene rings is 2. The summed E-state index contributed by atoms with van der Waals surface area (Å²) in [6, 6.07) is 14.2. The molecule has 1 aliphatic heterocycles. The normalized spacial score (nSPS) is 18.5. The topological polar surface area (TPSA) is 32.7 Å². The van der Waals surface area contributed by atoms with Crippen LogP contribution in [-0.2, 0) is 0 Å². The molecule has 1 aliphatic rings. The fraction of sp³-hybridized carbons (Fsp3) is 0.474. The first-order valence-electron chi connectivity index (χ1n) is 8.23. The summed E-state index contributed by atoms with van der Waals surface area (Å²) >= 11 is 0. The van der Waals surface area contributed by atoms with Gasteiger partial charge in [-0.3, -0.25) is 0 Å². The van der Waals surface area contributed by atoms with Gasteiger partial charge in [0.05, 0.1) is 0 Å². The number of rotatable bonds is 5. The molecule has 0 spiro atoms. The van der Waals surface area contributed by atoms with Crippen molar-refractivity contribution in [1.82, 2.24) is 4.90 Å². The van der Waals surface area contributed by atoms with Gasteiger partial charge in [0.2, 0.25) is 0 Å². The third-order valence-corrected chi connectivity index (χ3v) is 4.53. The van der Waals surface area contributed by atoms with Gasteiger partial charge in [0.15, 0.2) is 0 Å². The van der Waals surface area contributed by atoms with Crippen LogP contribution in [0.4, 0.5) is 0 Å². The van der Waals surface area contributed by atoms with Gasteiger partial charge < -0.3 is 14.7 Å². The van der Waals surface area contributed by atoms with Gasteiger partial charge in [-0.25, -0.2) is 0 Å². The van der Waals surface area contributed by atoms with E-state index in [-0.39, 0.29) is 0 Å². The molecule has 118 valence electrons. The summed E-state index contributed by atoms with van der Waals surface area (Å²) in [6.45, 7) is 5.54. The van der Waals surface area contributed by atoms with E-state index in [0.717, 1.165) is 30.1 Å². The smallest absolute Gasteiger partial charge is 0.127 e. The number of piperidine rings is 1. The largest absolute Gasteiger partial charge is 0.490 e. The van der Waals surface area contributed by atoms with Crippen molar-refractivity contribution in [3.05, 3.63) is 42.5 Å². The zero-order valence-electron chi connectivity index (χ0n) is 13.2. The van der Waals surface area contributed by atoms with E-state index in [9.17, 15) is 5.11 Å². The van der Waals surface area contributed by atoms with Crippen molar-refractivity contribution < 1.29 is 9.84 Å². The number of aliphatic hydroxyl groups excluding tert-OH is 1. The monoisotopic (exact) mass is 299 g/mol. The van der Waals surface area contributed by atoms with Crippen LogP contribution >= 0.6 is 0 Å². The molecule has 1 N–H and O–H groups in total. The number of aliphatic hydroxyl groups is 1. The number of ether oxygens (including phenoxy) is 1. The molecule has 0 radical (unpaired) electrons. The lowest BCUT2D eigenvalue weighted by Crippen LogP contribution is -2.40. The number of likely N-dealkylation sites (tertiary alicyclic amines) is 1. The minimum atomic E-state index is -0.438. The Labute approximate surface area is 132 Å². The van der Waals surface area contributed by atoms with Crippen LogP contribution in [0.3, 0.4) is 0 Å². The van der Waals surface area contributed by atoms with E-state index in [1.807, 2.05) is 24.3 Å². The van der Waals surface area contributed by atoms with Gasteiger partial charge in [0, 0.05) is 11.9 Å². The number of hydrogen-bond donors (Lipinski definition) is 1. The number of hydrogen-bond acceptors (Lipinski definition) is 3. The predicted octanol–water partition coefficient (Wildman–Crippen LogP) is 3.31. The Bertz CT molecular complexity index is 600. The van der Waals surface area contributed by atoms with Crippen molar-refractivity contribution in [3.8, 4) is 5.75 Å². The van der Waals surface area contributed by atoms with Crippen molar-refractivity contribution in [2.24, 2.45) is 5.92 Å². The quantitative estimate of drug-likeness (QED) is 0.919. The molecule has 0 aliphatic carbocycles. The van der Waals surface area contributed by atoms with Gasteiger partial charge in [0.25, 0.3) is 0 Å². The first kappa shape index (κ1) is 15.3. The minimum Gasteiger partial charge on any atom is -0.490 e. The second-order valence-corrected chi connectivity index (χ2v) is 6.43. The van der Waals surface area contributed by atoms with E-state index in [1.165, 1.54) is 18.2 Å². The fourth-order valence-electron chi connectivity index (χ4n) is 3.10. The highest BCUT2D eigenvalue weighted by Crippen LogP contribution is 2.25. The maximum atomic E-state index is 10.2. The molecular formula is C19H25NO2. The molecular weight excluding hydrogens is 274 g/mol. The summed E-state index contributed by atoms with van der Waals surface area (Å²) in [5, 5.41) is 12.5. The maximum absolute atomic E-state index is 10.2. The summed E-state index contributed by atoms with van der Waals surface area (Å²) in [6.07, 6.45) is 2.03. The first-order valence-corrected chi connectivity index (χ1v) is 8.23. The standard InChI is InChI=1S/C19H25NO2/c1-15-9-11-20(12-10-15)13-17(21)14-22-19-8-4-6-16-5-2-3-7-18(16)19/h2-8,15,17,21H,9-14H2,1H3/t17-/m0/s1. The highest BCUT2D eigenvalue weighted by atomic mass is 16.5. The summed E-state index contributed by atoms with van der Waals surface area (Å²) in [4.78, 5) is 2.34. The van der Waals surface area contributed by atoms with Crippen molar-refractivity contribution in [1.29, 1.82) is 0 Å². The van der Waals surface area contributed by atoms with Crippen molar-refractivity contribution in [2.45, 2.75) is 25.9 Å². The van der Waals surface area contributed by atoms with E-state index in [1.54, 1.807) is 0 Å². The molecule has 0 unspecified atom stereocenters. The van der Waals surface area contributed by atoms with Gasteiger partial charge >= 0.3 is 0 Å². The number of fused-ring (bicyclic) bond motifs is 1. The number of β-amino-alcohol motifs (C(OH)–C–C–N with tert-alkyl or cyclic N) is 1. The molecule has 2 aromatic carbocycles. The van der Waals surface area contributed by atoms with Crippen LogP contribution in [0.25, 0.3) is 10.8 Å². The van der Waals surface area contributed by atoms with Crippen LogP contribution in [0.5, 0.6) is 5.75 Å². The summed E-state index contributed by atoms with van der Waals surface area (Å²) in [7, 11) is 0. The average molecular weight is 299 g/mol. The predicted molar refractivity (Wildman–Crippen MR) is 90.3 cm³/mol. The molecule has 3 heteroatoms. The van der Waals surface area contributed by atoms with E-state index in [2.05, 4.69) is 30.0 Å². The summed E-state index contributed by atoms with van der Waals surface area (Å²) in [5.74, 6) is 1.67. The molecule has 2 aromatic rings. The SMILES string of the molecule is CC1CCN(C[C@H](O)COc2cccc3ccccc23)CC1. The second kappa shape index (κ2) is 7.12. The van der Waals surface area contributed by atoms with Gasteiger partial charge in [-0.05, 0) is 43.3 Å². The molecule has 22 heavy (non-hydrogen) atoms. The average Bonchev–Trinajstić information content (AvgIpc) is 2.55. The maximum Gasteiger partial charge on any atom is 0.127 e. The highest BCUT2D eigenvalue weighted by molar-refractivity contribution is 5.88. The van der Waals surface area contributed by atoms with E-state index in [0.29, 0.717) is 13.2 Å². The molecule has 0 aromatic heterocycles. The Morgan fingerprint density at radius 1 is 1.14 bits per heavy atom. The van der Waals surface area contributed by atoms with Crippen molar-refractivity contribution in [3.63, 3.8) is 0 Å². The van der Waals surface area contributed by atoms with Crippen molar-refractivity contribution >= 4 is 10.8 Å². The Balaban J connectivity index is 1.55.